The molecule has 2 aromatic heterocycles. The number of pyridine rings is 1. The SMILES string of the molecule is O=C(Oc1ccccc1)N1CCC(n2c(=O)[nH]c3ncccc32)([N+](=O)[O-])CC1. The van der Waals surface area contributed by atoms with Crippen molar-refractivity contribution in [2.45, 2.75) is 18.5 Å². The molecule has 1 fully saturated rings. The highest BCUT2D eigenvalue weighted by Crippen LogP contribution is 2.32. The van der Waals surface area contributed by atoms with E-state index in [1.165, 1.54) is 11.1 Å². The number of para-hydroxylation sites is 1. The zero-order chi connectivity index (χ0) is 19.7. The van der Waals surface area contributed by atoms with Crippen molar-refractivity contribution in [1.82, 2.24) is 19.4 Å². The third-order valence-corrected chi connectivity index (χ3v) is 4.98. The first-order valence-corrected chi connectivity index (χ1v) is 8.74. The van der Waals surface area contributed by atoms with Gasteiger partial charge >= 0.3 is 17.4 Å². The number of benzene rings is 1. The summed E-state index contributed by atoms with van der Waals surface area (Å²) in [6, 6.07) is 11.8. The van der Waals surface area contributed by atoms with Crippen molar-refractivity contribution in [3.05, 3.63) is 69.3 Å². The summed E-state index contributed by atoms with van der Waals surface area (Å²) in [5.41, 5.74) is -1.59. The van der Waals surface area contributed by atoms with E-state index in [9.17, 15) is 19.7 Å². The Hall–Kier alpha value is -3.69. The minimum Gasteiger partial charge on any atom is -0.410 e. The Morgan fingerprint density at radius 2 is 1.89 bits per heavy atom. The minimum atomic E-state index is -1.65. The molecule has 1 aliphatic heterocycles. The Labute approximate surface area is 158 Å². The number of nitrogens with one attached hydrogen (secondary N) is 1. The summed E-state index contributed by atoms with van der Waals surface area (Å²) >= 11 is 0. The average molecular weight is 383 g/mol. The van der Waals surface area contributed by atoms with Crippen molar-refractivity contribution in [1.29, 1.82) is 0 Å². The second kappa shape index (κ2) is 6.80. The Kier molecular flexibility index (Phi) is 4.30. The van der Waals surface area contributed by atoms with Crippen LogP contribution in [0, 0.1) is 10.1 Å². The molecule has 0 unspecified atom stereocenters. The largest absolute Gasteiger partial charge is 0.415 e. The van der Waals surface area contributed by atoms with Crippen LogP contribution in [0.4, 0.5) is 4.79 Å². The molecule has 0 spiro atoms. The number of nitrogens with zero attached hydrogens (tertiary/aromatic N) is 4. The maximum absolute atomic E-state index is 12.5. The van der Waals surface area contributed by atoms with Gasteiger partial charge in [0.1, 0.15) is 5.75 Å². The van der Waals surface area contributed by atoms with Crippen LogP contribution in [0.25, 0.3) is 11.2 Å². The molecular formula is C18H17N5O5. The number of nitro groups is 1. The van der Waals surface area contributed by atoms with Crippen LogP contribution in [0.15, 0.2) is 53.5 Å². The second-order valence-electron chi connectivity index (χ2n) is 6.54. The number of piperidine rings is 1. The molecule has 4 rings (SSSR count). The zero-order valence-electron chi connectivity index (χ0n) is 14.8. The van der Waals surface area contributed by atoms with Crippen molar-refractivity contribution < 1.29 is 14.5 Å². The Bertz CT molecular complexity index is 1080. The maximum Gasteiger partial charge on any atom is 0.415 e. The van der Waals surface area contributed by atoms with Gasteiger partial charge in [0.15, 0.2) is 5.65 Å². The van der Waals surface area contributed by atoms with Gasteiger partial charge in [0.05, 0.1) is 18.4 Å². The molecule has 1 saturated heterocycles. The van der Waals surface area contributed by atoms with Gasteiger partial charge in [-0.15, -0.1) is 0 Å². The van der Waals surface area contributed by atoms with E-state index >= 15 is 0 Å². The van der Waals surface area contributed by atoms with E-state index in [-0.39, 0.29) is 25.9 Å². The summed E-state index contributed by atoms with van der Waals surface area (Å²) in [6.45, 7) is 0.179. The monoisotopic (exact) mass is 383 g/mol. The fraction of sp³-hybridized carbons (Fsp3) is 0.278. The third kappa shape index (κ3) is 2.88. The van der Waals surface area contributed by atoms with Crippen molar-refractivity contribution in [3.8, 4) is 5.75 Å². The highest BCUT2D eigenvalue weighted by atomic mass is 16.6. The van der Waals surface area contributed by atoms with Gasteiger partial charge in [0.2, 0.25) is 0 Å². The fourth-order valence-corrected chi connectivity index (χ4v) is 3.54. The molecule has 10 nitrogen and oxygen atoms in total. The Morgan fingerprint density at radius 3 is 2.57 bits per heavy atom. The van der Waals surface area contributed by atoms with Gasteiger partial charge in [-0.3, -0.25) is 15.1 Å². The van der Waals surface area contributed by atoms with Crippen molar-refractivity contribution in [3.63, 3.8) is 0 Å². The first-order chi connectivity index (χ1) is 13.5. The van der Waals surface area contributed by atoms with E-state index in [1.54, 1.807) is 42.5 Å². The summed E-state index contributed by atoms with van der Waals surface area (Å²) in [6.07, 6.45) is 0.886. The Morgan fingerprint density at radius 1 is 1.18 bits per heavy atom. The molecule has 1 amide bonds. The topological polar surface area (TPSA) is 123 Å². The van der Waals surface area contributed by atoms with Crippen molar-refractivity contribution in [2.24, 2.45) is 0 Å². The Balaban J connectivity index is 1.59. The molecule has 3 heterocycles. The van der Waals surface area contributed by atoms with Crippen molar-refractivity contribution in [2.75, 3.05) is 13.1 Å². The second-order valence-corrected chi connectivity index (χ2v) is 6.54. The quantitative estimate of drug-likeness (QED) is 0.545. The van der Waals surface area contributed by atoms with Gasteiger partial charge in [0.25, 0.3) is 0 Å². The van der Waals surface area contributed by atoms with Crippen molar-refractivity contribution >= 4 is 17.3 Å². The van der Waals surface area contributed by atoms with E-state index in [2.05, 4.69) is 9.97 Å². The molecule has 10 heteroatoms. The number of amides is 1. The number of H-pyrrole nitrogens is 1. The van der Waals surface area contributed by atoms with E-state index in [0.717, 1.165) is 4.57 Å². The number of hydrogen-bond donors (Lipinski definition) is 1. The molecule has 0 aliphatic carbocycles. The van der Waals surface area contributed by atoms with Crippen LogP contribution in [-0.4, -0.2) is 43.5 Å². The predicted octanol–water partition coefficient (Wildman–Crippen LogP) is 1.95. The summed E-state index contributed by atoms with van der Waals surface area (Å²) in [5.74, 6) is 0.400. The van der Waals surface area contributed by atoms with Crippen LogP contribution in [0.5, 0.6) is 5.75 Å². The number of rotatable bonds is 3. The van der Waals surface area contributed by atoms with E-state index in [1.807, 2.05) is 0 Å². The molecule has 0 saturated carbocycles. The van der Waals surface area contributed by atoms with E-state index in [0.29, 0.717) is 16.9 Å². The molecule has 3 aromatic rings. The number of carbonyl (C=O) groups is 1. The number of aromatic nitrogens is 3. The highest BCUT2D eigenvalue weighted by Gasteiger charge is 2.50. The lowest BCUT2D eigenvalue weighted by Gasteiger charge is -2.35. The van der Waals surface area contributed by atoms with Crippen LogP contribution in [-0.2, 0) is 5.66 Å². The van der Waals surface area contributed by atoms with E-state index < -0.39 is 22.4 Å². The molecule has 1 aliphatic rings. The number of hydrogen-bond acceptors (Lipinski definition) is 6. The average Bonchev–Trinajstić information content (AvgIpc) is 3.04. The van der Waals surface area contributed by atoms with Gasteiger partial charge in [0, 0.05) is 24.2 Å². The van der Waals surface area contributed by atoms with Gasteiger partial charge in [-0.25, -0.2) is 19.1 Å². The first-order valence-electron chi connectivity index (χ1n) is 8.74. The molecule has 0 bridgehead atoms. The summed E-state index contributed by atoms with van der Waals surface area (Å²) in [7, 11) is 0. The van der Waals surface area contributed by atoms with Crippen LogP contribution >= 0.6 is 0 Å². The number of imidazole rings is 1. The fourth-order valence-electron chi connectivity index (χ4n) is 3.54. The van der Waals surface area contributed by atoms with Gasteiger partial charge in [-0.2, -0.15) is 0 Å². The molecule has 144 valence electrons. The third-order valence-electron chi connectivity index (χ3n) is 4.98. The molecule has 28 heavy (non-hydrogen) atoms. The summed E-state index contributed by atoms with van der Waals surface area (Å²) in [4.78, 5) is 44.4. The smallest absolute Gasteiger partial charge is 0.410 e. The van der Waals surface area contributed by atoms with Crippen LogP contribution in [0.2, 0.25) is 0 Å². The molecule has 1 N–H and O–H groups in total. The number of carbonyl (C=O) groups excluding carboxylic acids is 1. The van der Waals surface area contributed by atoms with E-state index in [4.69, 9.17) is 4.74 Å². The van der Waals surface area contributed by atoms with Crippen LogP contribution < -0.4 is 10.4 Å². The van der Waals surface area contributed by atoms with Gasteiger partial charge in [-0.05, 0) is 24.3 Å². The minimum absolute atomic E-state index is 0.0222. The highest BCUT2D eigenvalue weighted by molar-refractivity contribution is 5.71. The van der Waals surface area contributed by atoms with Gasteiger partial charge < -0.3 is 9.64 Å². The van der Waals surface area contributed by atoms with Crippen LogP contribution in [0.1, 0.15) is 12.8 Å². The summed E-state index contributed by atoms with van der Waals surface area (Å²) < 4.78 is 6.45. The lowest BCUT2D eigenvalue weighted by molar-refractivity contribution is -0.607. The van der Waals surface area contributed by atoms with Crippen LogP contribution in [0.3, 0.4) is 0 Å². The standard InChI is InChI=1S/C18H17N5O5/c24-16-20-15-14(7-4-10-19-15)22(16)18(23(26)27)8-11-21(12-9-18)17(25)28-13-5-2-1-3-6-13/h1-7,10H,8-9,11-12H2,(H,19,20,24). The lowest BCUT2D eigenvalue weighted by atomic mass is 9.97. The number of aromatic amines is 1. The lowest BCUT2D eigenvalue weighted by Crippen LogP contribution is -2.55. The first kappa shape index (κ1) is 17.7. The number of likely N-dealkylation sites (tertiary alicyclic amines) is 1. The number of fused-ring (bicyclic) bond motifs is 1. The normalized spacial score (nSPS) is 16.1. The zero-order valence-corrected chi connectivity index (χ0v) is 14.8. The number of ether oxygens (including phenoxy) is 1. The maximum atomic E-state index is 12.5. The molecule has 0 radical (unpaired) electrons. The van der Waals surface area contributed by atoms with Gasteiger partial charge in [-0.1, -0.05) is 18.2 Å². The molecular weight excluding hydrogens is 366 g/mol. The molecule has 1 aromatic carbocycles. The summed E-state index contributed by atoms with van der Waals surface area (Å²) in [5, 5.41) is 12.0. The predicted molar refractivity (Wildman–Crippen MR) is 98.6 cm³/mol. The molecule has 0 atom stereocenters.